The number of piperidine rings is 1. The molecule has 0 amide bonds. The van der Waals surface area contributed by atoms with Crippen LogP contribution in [0.5, 0.6) is 0 Å². The maximum atomic E-state index is 12.7. The largest absolute Gasteiger partial charge is 0.330 e. The van der Waals surface area contributed by atoms with Gasteiger partial charge in [0, 0.05) is 18.1 Å². The maximum absolute atomic E-state index is 12.7. The number of sulfonamides is 1. The van der Waals surface area contributed by atoms with E-state index < -0.39 is 10.0 Å². The Hall–Kier alpha value is -0.0400. The van der Waals surface area contributed by atoms with Crippen LogP contribution in [0, 0.1) is 5.92 Å². The smallest absolute Gasteiger partial charge is 0.246 e. The molecule has 118 valence electrons. The fourth-order valence-corrected chi connectivity index (χ4v) is 5.54. The van der Waals surface area contributed by atoms with Gasteiger partial charge in [-0.2, -0.15) is 4.31 Å². The molecule has 0 aromatic heterocycles. The molecule has 4 nitrogen and oxygen atoms in total. The number of hydrogen-bond donors (Lipinski definition) is 1. The molecule has 0 bridgehead atoms. The first kappa shape index (κ1) is 17.3. The van der Waals surface area contributed by atoms with Gasteiger partial charge in [-0.05, 0) is 43.9 Å². The number of hydrogen-bond acceptors (Lipinski definition) is 3. The van der Waals surface area contributed by atoms with Crippen LogP contribution in [0.25, 0.3) is 0 Å². The van der Waals surface area contributed by atoms with E-state index in [-0.39, 0.29) is 14.9 Å². The third kappa shape index (κ3) is 3.84. The van der Waals surface area contributed by atoms with Gasteiger partial charge < -0.3 is 5.73 Å². The Morgan fingerprint density at radius 1 is 1.14 bits per heavy atom. The molecule has 1 heterocycles. The highest BCUT2D eigenvalue weighted by molar-refractivity contribution is 7.89. The minimum atomic E-state index is -3.70. The molecule has 2 N–H and O–H groups in total. The molecule has 1 aromatic rings. The first-order chi connectivity index (χ1) is 9.86. The Bertz CT molecular complexity index is 591. The predicted molar refractivity (Wildman–Crippen MR) is 86.6 cm³/mol. The van der Waals surface area contributed by atoms with Gasteiger partial charge in [0.25, 0.3) is 0 Å². The van der Waals surface area contributed by atoms with E-state index in [1.807, 2.05) is 0 Å². The van der Waals surface area contributed by atoms with Gasteiger partial charge in [-0.25, -0.2) is 8.42 Å². The summed E-state index contributed by atoms with van der Waals surface area (Å²) in [6, 6.07) is 2.78. The van der Waals surface area contributed by atoms with Gasteiger partial charge in [0.05, 0.1) is 10.0 Å². The van der Waals surface area contributed by atoms with E-state index in [4.69, 9.17) is 40.5 Å². The molecular formula is C13H17Cl3N2O2S. The lowest BCUT2D eigenvalue weighted by atomic mass is 9.95. The highest BCUT2D eigenvalue weighted by Gasteiger charge is 2.32. The monoisotopic (exact) mass is 370 g/mol. The van der Waals surface area contributed by atoms with E-state index in [1.165, 1.54) is 16.4 Å². The van der Waals surface area contributed by atoms with Crippen molar-refractivity contribution >= 4 is 44.8 Å². The first-order valence-corrected chi connectivity index (χ1v) is 9.28. The summed E-state index contributed by atoms with van der Waals surface area (Å²) in [4.78, 5) is -0.0625. The molecule has 1 saturated heterocycles. The van der Waals surface area contributed by atoms with Crippen molar-refractivity contribution in [2.45, 2.75) is 24.2 Å². The lowest BCUT2D eigenvalue weighted by Crippen LogP contribution is -2.39. The van der Waals surface area contributed by atoms with Crippen LogP contribution in [0.15, 0.2) is 17.0 Å². The number of rotatable bonds is 4. The molecule has 0 spiro atoms. The van der Waals surface area contributed by atoms with Gasteiger partial charge >= 0.3 is 0 Å². The molecule has 2 rings (SSSR count). The number of nitrogens with two attached hydrogens (primary N) is 1. The summed E-state index contributed by atoms with van der Waals surface area (Å²) in [5, 5.41) is 0.416. The topological polar surface area (TPSA) is 63.4 Å². The summed E-state index contributed by atoms with van der Waals surface area (Å²) >= 11 is 17.9. The van der Waals surface area contributed by atoms with Gasteiger partial charge in [-0.15, -0.1) is 0 Å². The molecule has 1 aliphatic heterocycles. The average Bonchev–Trinajstić information content (AvgIpc) is 2.38. The van der Waals surface area contributed by atoms with Crippen molar-refractivity contribution < 1.29 is 8.42 Å². The maximum Gasteiger partial charge on any atom is 0.246 e. The van der Waals surface area contributed by atoms with Gasteiger partial charge in [0.1, 0.15) is 4.90 Å². The zero-order valence-electron chi connectivity index (χ0n) is 11.4. The van der Waals surface area contributed by atoms with E-state index >= 15 is 0 Å². The summed E-state index contributed by atoms with van der Waals surface area (Å²) in [7, 11) is -3.70. The zero-order chi connectivity index (χ0) is 15.6. The van der Waals surface area contributed by atoms with Crippen LogP contribution in [0.3, 0.4) is 0 Å². The molecular weight excluding hydrogens is 355 g/mol. The number of nitrogens with zero attached hydrogens (tertiary/aromatic N) is 1. The highest BCUT2D eigenvalue weighted by Crippen LogP contribution is 2.36. The Balaban J connectivity index is 2.24. The first-order valence-electron chi connectivity index (χ1n) is 6.71. The number of benzene rings is 1. The summed E-state index contributed by atoms with van der Waals surface area (Å²) in [5.41, 5.74) is 5.55. The highest BCUT2D eigenvalue weighted by atomic mass is 35.5. The van der Waals surface area contributed by atoms with E-state index in [9.17, 15) is 8.42 Å². The molecule has 0 unspecified atom stereocenters. The Kier molecular flexibility index (Phi) is 5.79. The Morgan fingerprint density at radius 3 is 2.14 bits per heavy atom. The van der Waals surface area contributed by atoms with Crippen LogP contribution in [-0.4, -0.2) is 32.4 Å². The molecule has 1 aliphatic rings. The zero-order valence-corrected chi connectivity index (χ0v) is 14.4. The van der Waals surface area contributed by atoms with Gasteiger partial charge in [-0.3, -0.25) is 0 Å². The molecule has 8 heteroatoms. The van der Waals surface area contributed by atoms with Crippen molar-refractivity contribution in [2.24, 2.45) is 11.7 Å². The standard InChI is InChI=1S/C13H17Cl3N2O2S/c14-10-7-11(15)13(12(16)8-10)21(19,20)18-5-2-9(1-4-17)3-6-18/h7-9H,1-6,17H2. The van der Waals surface area contributed by atoms with Crippen molar-refractivity contribution in [1.29, 1.82) is 0 Å². The van der Waals surface area contributed by atoms with Gasteiger partial charge in [0.2, 0.25) is 10.0 Å². The normalized spacial score (nSPS) is 18.1. The van der Waals surface area contributed by atoms with Crippen LogP contribution in [0.1, 0.15) is 19.3 Å². The van der Waals surface area contributed by atoms with E-state index in [0.717, 1.165) is 19.3 Å². The summed E-state index contributed by atoms with van der Waals surface area (Å²) in [5.74, 6) is 0.484. The molecule has 1 fully saturated rings. The lowest BCUT2D eigenvalue weighted by Gasteiger charge is -2.31. The summed E-state index contributed by atoms with van der Waals surface area (Å²) < 4.78 is 26.8. The van der Waals surface area contributed by atoms with Gasteiger partial charge in [-0.1, -0.05) is 34.8 Å². The van der Waals surface area contributed by atoms with Crippen LogP contribution >= 0.6 is 34.8 Å². The van der Waals surface area contributed by atoms with E-state index in [1.54, 1.807) is 0 Å². The van der Waals surface area contributed by atoms with E-state index in [2.05, 4.69) is 0 Å². The van der Waals surface area contributed by atoms with Crippen LogP contribution in [-0.2, 0) is 10.0 Å². The summed E-state index contributed by atoms with van der Waals surface area (Å²) in [6.45, 7) is 1.55. The molecule has 0 saturated carbocycles. The SMILES string of the molecule is NCCC1CCN(S(=O)(=O)c2c(Cl)cc(Cl)cc2Cl)CC1. The fourth-order valence-electron chi connectivity index (χ4n) is 2.58. The fraction of sp³-hybridized carbons (Fsp3) is 0.538. The lowest BCUT2D eigenvalue weighted by molar-refractivity contribution is 0.266. The minimum Gasteiger partial charge on any atom is -0.330 e. The second-order valence-corrected chi connectivity index (χ2v) is 8.25. The molecule has 0 radical (unpaired) electrons. The quantitative estimate of drug-likeness (QED) is 0.882. The van der Waals surface area contributed by atoms with Gasteiger partial charge in [0.15, 0.2) is 0 Å². The van der Waals surface area contributed by atoms with Crippen molar-refractivity contribution in [2.75, 3.05) is 19.6 Å². The second kappa shape index (κ2) is 7.02. The van der Waals surface area contributed by atoms with Crippen molar-refractivity contribution in [3.8, 4) is 0 Å². The average molecular weight is 372 g/mol. The number of halogens is 3. The van der Waals surface area contributed by atoms with Crippen LogP contribution in [0.2, 0.25) is 15.1 Å². The third-order valence-corrected chi connectivity index (χ3v) is 6.75. The third-order valence-electron chi connectivity index (χ3n) is 3.71. The van der Waals surface area contributed by atoms with E-state index in [0.29, 0.717) is 30.6 Å². The van der Waals surface area contributed by atoms with Crippen molar-refractivity contribution in [3.05, 3.63) is 27.2 Å². The predicted octanol–water partition coefficient (Wildman–Crippen LogP) is 3.40. The van der Waals surface area contributed by atoms with Crippen LogP contribution in [0.4, 0.5) is 0 Å². The molecule has 0 aliphatic carbocycles. The molecule has 1 aromatic carbocycles. The Labute approximate surface area is 140 Å². The van der Waals surface area contributed by atoms with Crippen LogP contribution < -0.4 is 5.73 Å². The van der Waals surface area contributed by atoms with Crippen molar-refractivity contribution in [3.63, 3.8) is 0 Å². The minimum absolute atomic E-state index is 0.0524. The molecule has 21 heavy (non-hydrogen) atoms. The van der Waals surface area contributed by atoms with Crippen molar-refractivity contribution in [1.82, 2.24) is 4.31 Å². The Morgan fingerprint density at radius 2 is 1.67 bits per heavy atom. The molecule has 0 atom stereocenters. The summed E-state index contributed by atoms with van der Waals surface area (Å²) in [6.07, 6.45) is 2.54. The second-order valence-electron chi connectivity index (χ2n) is 5.12.